The molecule has 0 saturated carbocycles. The minimum atomic E-state index is -1.10. The van der Waals surface area contributed by atoms with Gasteiger partial charge in [0.05, 0.1) is 6.10 Å². The third-order valence-electron chi connectivity index (χ3n) is 10.8. The van der Waals surface area contributed by atoms with E-state index >= 15 is 0 Å². The third-order valence-corrected chi connectivity index (χ3v) is 10.8. The van der Waals surface area contributed by atoms with Gasteiger partial charge in [0.2, 0.25) is 13.1 Å². The minimum absolute atomic E-state index is 0.0444. The van der Waals surface area contributed by atoms with Gasteiger partial charge in [0.25, 0.3) is 0 Å². The van der Waals surface area contributed by atoms with Crippen molar-refractivity contribution in [2.45, 2.75) is 82.4 Å². The molecule has 0 N–H and O–H groups in total. The molecule has 55 heavy (non-hydrogen) atoms. The zero-order valence-corrected chi connectivity index (χ0v) is 34.2. The van der Waals surface area contributed by atoms with Crippen LogP contribution in [-0.4, -0.2) is 29.9 Å². The Labute approximate surface area is 335 Å². The average Bonchev–Trinajstić information content (AvgIpc) is 3.41. The van der Waals surface area contributed by atoms with Crippen LogP contribution in [0.3, 0.4) is 0 Å². The topological polar surface area (TPSA) is 72.5 Å². The summed E-state index contributed by atoms with van der Waals surface area (Å²) in [5.41, 5.74) is 8.48. The molecule has 0 fully saturated rings. The van der Waals surface area contributed by atoms with E-state index in [-0.39, 0.29) is 31.2 Å². The zero-order chi connectivity index (χ0) is 38.2. The van der Waals surface area contributed by atoms with Crippen molar-refractivity contribution < 1.29 is 52.9 Å². The van der Waals surface area contributed by atoms with Gasteiger partial charge in [0.15, 0.2) is 5.60 Å². The molecule has 4 atom stereocenters. The third kappa shape index (κ3) is 8.82. The number of aryl methyl sites for hydroxylation is 2. The van der Waals surface area contributed by atoms with Crippen LogP contribution in [0.5, 0.6) is 17.2 Å². The fraction of sp³-hybridized carbons (Fsp3) is 0.298. The summed E-state index contributed by atoms with van der Waals surface area (Å²) in [5, 5.41) is 0. The van der Waals surface area contributed by atoms with Crippen LogP contribution in [0.25, 0.3) is 0 Å². The first-order valence-corrected chi connectivity index (χ1v) is 21.0. The number of carbonyl (C=O) groups excluding carboxylic acids is 1. The first-order chi connectivity index (χ1) is 26.9. The molecule has 5 aromatic rings. The summed E-state index contributed by atoms with van der Waals surface area (Å²) < 4.78 is 25.6. The van der Waals surface area contributed by atoms with Gasteiger partial charge in [-0.05, 0) is 115 Å². The fourth-order valence-corrected chi connectivity index (χ4v) is 8.03. The van der Waals surface area contributed by atoms with Gasteiger partial charge in [-0.2, -0.15) is 0 Å². The van der Waals surface area contributed by atoms with Crippen molar-refractivity contribution in [3.63, 3.8) is 0 Å². The predicted molar refractivity (Wildman–Crippen MR) is 209 cm³/mol. The Morgan fingerprint density at radius 2 is 1.47 bits per heavy atom. The van der Waals surface area contributed by atoms with Gasteiger partial charge in [-0.3, -0.25) is 0 Å². The Balaban J connectivity index is 0.00000229. The van der Waals surface area contributed by atoms with Crippen LogP contribution in [0.15, 0.2) is 115 Å². The SMILES string of the molecule is [CH2-]C(=O)Cc1ccc(OCOc2ccc(COO[C@@](C)(c3ccccc3)C3Oc4ccc5c(c4[C@H]4c6ccccc6CCC4O3)CCCC5)cc2)cc1.[CH2]=[W]. The van der Waals surface area contributed by atoms with Crippen LogP contribution in [0.2, 0.25) is 0 Å². The van der Waals surface area contributed by atoms with E-state index in [1.807, 2.05) is 85.8 Å². The van der Waals surface area contributed by atoms with E-state index in [0.29, 0.717) is 17.9 Å². The number of fused-ring (bicyclic) bond motifs is 7. The van der Waals surface area contributed by atoms with Crippen LogP contribution in [0.1, 0.15) is 76.6 Å². The molecule has 0 radical (unpaired) electrons. The summed E-state index contributed by atoms with van der Waals surface area (Å²) in [6.07, 6.45) is 5.84. The molecule has 3 aliphatic rings. The second-order valence-electron chi connectivity index (χ2n) is 14.4. The Bertz CT molecular complexity index is 2050. The number of hydrogen-bond acceptors (Lipinski definition) is 7. The molecule has 8 rings (SSSR count). The normalized spacial score (nSPS) is 19.3. The number of hydrogen-bond donors (Lipinski definition) is 0. The molecule has 0 aromatic heterocycles. The molecule has 2 unspecified atom stereocenters. The first kappa shape index (κ1) is 38.7. The Morgan fingerprint density at radius 3 is 2.20 bits per heavy atom. The molecule has 2 aliphatic carbocycles. The van der Waals surface area contributed by atoms with E-state index in [1.165, 1.54) is 60.0 Å². The molecule has 0 spiro atoms. The molecule has 1 aliphatic heterocycles. The van der Waals surface area contributed by atoms with Crippen molar-refractivity contribution in [2.24, 2.45) is 0 Å². The molecular formula is C47H47O7W-. The number of Topliss-reactive ketones (excluding diaryl/α,β-unsaturated/α-hetero) is 1. The van der Waals surface area contributed by atoms with E-state index in [1.54, 1.807) is 0 Å². The van der Waals surface area contributed by atoms with E-state index in [0.717, 1.165) is 48.1 Å². The van der Waals surface area contributed by atoms with Crippen LogP contribution in [0.4, 0.5) is 0 Å². The van der Waals surface area contributed by atoms with E-state index in [9.17, 15) is 4.79 Å². The van der Waals surface area contributed by atoms with Gasteiger partial charge in [-0.25, -0.2) is 9.78 Å². The monoisotopic (exact) mass is 907 g/mol. The number of benzene rings is 5. The molecule has 0 saturated heterocycles. The van der Waals surface area contributed by atoms with Crippen LogP contribution >= 0.6 is 0 Å². The second-order valence-corrected chi connectivity index (χ2v) is 14.4. The van der Waals surface area contributed by atoms with Gasteiger partial charge in [-0.15, -0.1) is 0 Å². The van der Waals surface area contributed by atoms with Gasteiger partial charge >= 0.3 is 24.3 Å². The zero-order valence-electron chi connectivity index (χ0n) is 31.2. The maximum atomic E-state index is 11.2. The molecule has 0 amide bonds. The molecule has 284 valence electrons. The molecule has 8 heteroatoms. The maximum absolute atomic E-state index is 11.2. The Kier molecular flexibility index (Phi) is 12.6. The van der Waals surface area contributed by atoms with Crippen molar-refractivity contribution in [1.29, 1.82) is 0 Å². The van der Waals surface area contributed by atoms with Gasteiger partial charge < -0.3 is 30.7 Å². The number of ketones is 1. The van der Waals surface area contributed by atoms with Crippen molar-refractivity contribution >= 4 is 10.7 Å². The summed E-state index contributed by atoms with van der Waals surface area (Å²) in [5.74, 6) is 2.14. The quantitative estimate of drug-likeness (QED) is 0.0536. The van der Waals surface area contributed by atoms with Crippen LogP contribution in [-0.2, 0) is 76.6 Å². The Morgan fingerprint density at radius 1 is 0.800 bits per heavy atom. The van der Waals surface area contributed by atoms with Crippen molar-refractivity contribution in [3.8, 4) is 17.2 Å². The van der Waals surface area contributed by atoms with Crippen LogP contribution in [0, 0.1) is 6.92 Å². The summed E-state index contributed by atoms with van der Waals surface area (Å²) in [4.78, 5) is 27.1. The van der Waals surface area contributed by atoms with Gasteiger partial charge in [0.1, 0.15) is 23.9 Å². The van der Waals surface area contributed by atoms with Gasteiger partial charge in [-0.1, -0.05) is 84.9 Å². The summed E-state index contributed by atoms with van der Waals surface area (Å²) in [6.45, 7) is 5.67. The second kappa shape index (κ2) is 18.0. The van der Waals surface area contributed by atoms with Crippen molar-refractivity contribution in [3.05, 3.63) is 167 Å². The summed E-state index contributed by atoms with van der Waals surface area (Å²) >= 11 is 1.33. The molecular weight excluding hydrogens is 860 g/mol. The van der Waals surface area contributed by atoms with Crippen molar-refractivity contribution in [1.82, 2.24) is 0 Å². The van der Waals surface area contributed by atoms with Crippen molar-refractivity contribution in [2.75, 3.05) is 6.79 Å². The summed E-state index contributed by atoms with van der Waals surface area (Å²) in [6, 6.07) is 38.2. The van der Waals surface area contributed by atoms with E-state index in [2.05, 4.69) is 48.2 Å². The molecule has 5 aromatic carbocycles. The number of ether oxygens (including phenoxy) is 4. The van der Waals surface area contributed by atoms with E-state index < -0.39 is 11.9 Å². The van der Waals surface area contributed by atoms with Gasteiger partial charge in [0, 0.05) is 23.7 Å². The van der Waals surface area contributed by atoms with Crippen LogP contribution < -0.4 is 14.2 Å². The average molecular weight is 908 g/mol. The van der Waals surface area contributed by atoms with E-state index in [4.69, 9.17) is 28.7 Å². The summed E-state index contributed by atoms with van der Waals surface area (Å²) in [7, 11) is 0. The standard InChI is InChI=1S/C46H45O7.CH2.W/c1-31(47)28-32-16-22-37(23-17-32)48-30-49-38-24-18-33(19-25-38)29-50-53-46(2,36-12-4-3-5-13-36)45-51-41-26-20-34-10-6-8-14-39(34)43(41)44-40-15-9-7-11-35(40)21-27-42(44)52-45;;/h3-6,8,10,12-14,16-19,21-25,27,41,43,45H,1,7,9,11,15,20,26,28-30H2,2H3;1H2;/q-1;;/t41?,43-,45?,46-;;/m0../s1. The predicted octanol–water partition coefficient (Wildman–Crippen LogP) is 9.14. The first-order valence-electron chi connectivity index (χ1n) is 18.9. The molecule has 0 bridgehead atoms. The fourth-order valence-electron chi connectivity index (χ4n) is 8.03. The Hall–Kier alpha value is -4.52. The number of rotatable bonds is 12. The molecule has 7 nitrogen and oxygen atoms in total. The number of carbonyl (C=O) groups is 1. The molecule has 1 heterocycles.